The molecule has 0 spiro atoms. The molecule has 0 heterocycles. The van der Waals surface area contributed by atoms with Gasteiger partial charge in [0.25, 0.3) is 5.91 Å². The second-order valence-corrected chi connectivity index (χ2v) is 9.14. The third-order valence-corrected chi connectivity index (χ3v) is 5.81. The van der Waals surface area contributed by atoms with Gasteiger partial charge in [-0.1, -0.05) is 69.1 Å². The molecule has 0 aliphatic carbocycles. The van der Waals surface area contributed by atoms with Gasteiger partial charge in [-0.25, -0.2) is 0 Å². The van der Waals surface area contributed by atoms with Crippen LogP contribution in [0.2, 0.25) is 10.0 Å². The molecule has 0 fully saturated rings. The van der Waals surface area contributed by atoms with E-state index in [2.05, 4.69) is 26.1 Å². The van der Waals surface area contributed by atoms with Crippen molar-refractivity contribution in [2.75, 3.05) is 13.7 Å². The van der Waals surface area contributed by atoms with E-state index in [1.54, 1.807) is 25.2 Å². The predicted octanol–water partition coefficient (Wildman–Crippen LogP) is 5.22. The van der Waals surface area contributed by atoms with Crippen molar-refractivity contribution in [3.8, 4) is 5.75 Å². The molecule has 1 N–H and O–H groups in total. The molecule has 2 rings (SSSR count). The molecule has 2 amide bonds. The Bertz CT molecular complexity index is 888. The zero-order valence-corrected chi connectivity index (χ0v) is 20.2. The average molecular weight is 465 g/mol. The number of benzene rings is 2. The first-order valence-corrected chi connectivity index (χ1v) is 11.0. The largest absolute Gasteiger partial charge is 0.484 e. The molecule has 2 aromatic rings. The molecule has 2 aromatic carbocycles. The molecule has 0 aliphatic rings. The minimum Gasteiger partial charge on any atom is -0.484 e. The Balaban J connectivity index is 2.22. The summed E-state index contributed by atoms with van der Waals surface area (Å²) in [6, 6.07) is 12.1. The normalized spacial score (nSPS) is 12.2. The zero-order valence-electron chi connectivity index (χ0n) is 18.7. The SMILES string of the molecule is CCC(C(=O)NC)N(Cc1c(Cl)cccc1Cl)C(=O)COc1ccc(C(C)(C)C)cc1. The molecule has 0 saturated heterocycles. The quantitative estimate of drug-likeness (QED) is 0.582. The summed E-state index contributed by atoms with van der Waals surface area (Å²) in [5.74, 6) is 0.00459. The molecule has 1 atom stereocenters. The first kappa shape index (κ1) is 25.0. The highest BCUT2D eigenvalue weighted by Crippen LogP contribution is 2.27. The van der Waals surface area contributed by atoms with Gasteiger partial charge in [0.1, 0.15) is 11.8 Å². The van der Waals surface area contributed by atoms with Crippen LogP contribution in [0.15, 0.2) is 42.5 Å². The summed E-state index contributed by atoms with van der Waals surface area (Å²) < 4.78 is 5.73. The van der Waals surface area contributed by atoms with Crippen molar-refractivity contribution >= 4 is 35.0 Å². The fourth-order valence-electron chi connectivity index (χ4n) is 3.22. The molecule has 7 heteroatoms. The molecule has 0 saturated carbocycles. The van der Waals surface area contributed by atoms with Crippen LogP contribution in [-0.2, 0) is 21.5 Å². The number of halogens is 2. The summed E-state index contributed by atoms with van der Waals surface area (Å²) in [4.78, 5) is 27.0. The van der Waals surface area contributed by atoms with E-state index in [0.717, 1.165) is 0 Å². The minimum absolute atomic E-state index is 0.0290. The fourth-order valence-corrected chi connectivity index (χ4v) is 3.74. The Hall–Kier alpha value is -2.24. The number of nitrogens with zero attached hydrogens (tertiary/aromatic N) is 1. The van der Waals surface area contributed by atoms with Gasteiger partial charge in [0.05, 0.1) is 0 Å². The van der Waals surface area contributed by atoms with Gasteiger partial charge in [-0.3, -0.25) is 9.59 Å². The zero-order chi connectivity index (χ0) is 23.2. The van der Waals surface area contributed by atoms with Gasteiger partial charge in [-0.15, -0.1) is 0 Å². The topological polar surface area (TPSA) is 58.6 Å². The molecule has 0 radical (unpaired) electrons. The number of hydrogen-bond donors (Lipinski definition) is 1. The number of carbonyl (C=O) groups excluding carboxylic acids is 2. The van der Waals surface area contributed by atoms with E-state index in [1.807, 2.05) is 31.2 Å². The van der Waals surface area contributed by atoms with Gasteiger partial charge in [0.2, 0.25) is 5.91 Å². The fraction of sp³-hybridized carbons (Fsp3) is 0.417. The number of rotatable bonds is 8. The summed E-state index contributed by atoms with van der Waals surface area (Å²) in [7, 11) is 1.55. The predicted molar refractivity (Wildman–Crippen MR) is 126 cm³/mol. The van der Waals surface area contributed by atoms with Crippen LogP contribution in [0, 0.1) is 0 Å². The van der Waals surface area contributed by atoms with Crippen LogP contribution in [-0.4, -0.2) is 36.4 Å². The van der Waals surface area contributed by atoms with Crippen molar-refractivity contribution < 1.29 is 14.3 Å². The number of ether oxygens (including phenoxy) is 1. The monoisotopic (exact) mass is 464 g/mol. The molecule has 0 bridgehead atoms. The van der Waals surface area contributed by atoms with Gasteiger partial charge in [0, 0.05) is 29.2 Å². The summed E-state index contributed by atoms with van der Waals surface area (Å²) in [5.41, 5.74) is 1.80. The molecular formula is C24H30Cl2N2O3. The standard InChI is InChI=1S/C24H30Cl2N2O3/c1-6-21(23(30)27-5)28(14-18-19(25)8-7-9-20(18)26)22(29)15-31-17-12-10-16(11-13-17)24(2,3)4/h7-13,21H,6,14-15H2,1-5H3,(H,27,30). The average Bonchev–Trinajstić information content (AvgIpc) is 2.73. The summed E-state index contributed by atoms with van der Waals surface area (Å²) in [5, 5.41) is 3.50. The lowest BCUT2D eigenvalue weighted by Gasteiger charge is -2.30. The Kier molecular flexibility index (Phi) is 8.78. The van der Waals surface area contributed by atoms with Crippen LogP contribution in [0.3, 0.4) is 0 Å². The van der Waals surface area contributed by atoms with Gasteiger partial charge < -0.3 is 15.0 Å². The van der Waals surface area contributed by atoms with Crippen molar-refractivity contribution in [3.63, 3.8) is 0 Å². The van der Waals surface area contributed by atoms with Crippen LogP contribution >= 0.6 is 23.2 Å². The number of hydrogen-bond acceptors (Lipinski definition) is 3. The molecule has 1 unspecified atom stereocenters. The first-order chi connectivity index (χ1) is 14.6. The van der Waals surface area contributed by atoms with Crippen molar-refractivity contribution in [2.24, 2.45) is 0 Å². The Morgan fingerprint density at radius 2 is 1.65 bits per heavy atom. The number of carbonyl (C=O) groups is 2. The molecule has 0 aromatic heterocycles. The lowest BCUT2D eigenvalue weighted by Crippen LogP contribution is -2.49. The van der Waals surface area contributed by atoms with Gasteiger partial charge in [0.15, 0.2) is 6.61 Å². The lowest BCUT2D eigenvalue weighted by molar-refractivity contribution is -0.142. The number of amides is 2. The minimum atomic E-state index is -0.670. The van der Waals surface area contributed by atoms with E-state index in [9.17, 15) is 9.59 Å². The third-order valence-electron chi connectivity index (χ3n) is 5.11. The first-order valence-electron chi connectivity index (χ1n) is 10.3. The van der Waals surface area contributed by atoms with E-state index in [-0.39, 0.29) is 30.4 Å². The van der Waals surface area contributed by atoms with Crippen molar-refractivity contribution in [1.29, 1.82) is 0 Å². The molecule has 5 nitrogen and oxygen atoms in total. The smallest absolute Gasteiger partial charge is 0.261 e. The highest BCUT2D eigenvalue weighted by atomic mass is 35.5. The maximum Gasteiger partial charge on any atom is 0.261 e. The highest BCUT2D eigenvalue weighted by molar-refractivity contribution is 6.36. The summed E-state index contributed by atoms with van der Waals surface area (Å²) in [6.45, 7) is 8.15. The Morgan fingerprint density at radius 1 is 1.06 bits per heavy atom. The second-order valence-electron chi connectivity index (χ2n) is 8.32. The van der Waals surface area contributed by atoms with Crippen LogP contribution in [0.4, 0.5) is 0 Å². The van der Waals surface area contributed by atoms with Crippen molar-refractivity contribution in [3.05, 3.63) is 63.6 Å². The molecular weight excluding hydrogens is 435 g/mol. The number of likely N-dealkylation sites (N-methyl/N-ethyl adjacent to an activating group) is 1. The van der Waals surface area contributed by atoms with E-state index in [1.165, 1.54) is 10.5 Å². The maximum atomic E-state index is 13.1. The Labute approximate surface area is 194 Å². The van der Waals surface area contributed by atoms with Crippen molar-refractivity contribution in [1.82, 2.24) is 10.2 Å². The second kappa shape index (κ2) is 10.9. The highest BCUT2D eigenvalue weighted by Gasteiger charge is 2.29. The van der Waals surface area contributed by atoms with Gasteiger partial charge in [-0.05, 0) is 41.7 Å². The lowest BCUT2D eigenvalue weighted by atomic mass is 9.87. The van der Waals surface area contributed by atoms with Crippen molar-refractivity contribution in [2.45, 2.75) is 52.1 Å². The van der Waals surface area contributed by atoms with E-state index >= 15 is 0 Å². The number of nitrogens with one attached hydrogen (secondary N) is 1. The van der Waals surface area contributed by atoms with Crippen LogP contribution in [0.5, 0.6) is 5.75 Å². The summed E-state index contributed by atoms with van der Waals surface area (Å²) in [6.07, 6.45) is 0.438. The van der Waals surface area contributed by atoms with Gasteiger partial charge in [-0.2, -0.15) is 0 Å². The summed E-state index contributed by atoms with van der Waals surface area (Å²) >= 11 is 12.6. The van der Waals surface area contributed by atoms with E-state index < -0.39 is 6.04 Å². The van der Waals surface area contributed by atoms with Crippen LogP contribution < -0.4 is 10.1 Å². The molecule has 0 aliphatic heterocycles. The molecule has 168 valence electrons. The van der Waals surface area contributed by atoms with Gasteiger partial charge >= 0.3 is 0 Å². The third kappa shape index (κ3) is 6.62. The molecule has 31 heavy (non-hydrogen) atoms. The van der Waals surface area contributed by atoms with Crippen LogP contribution in [0.1, 0.15) is 45.2 Å². The van der Waals surface area contributed by atoms with E-state index in [0.29, 0.717) is 27.8 Å². The maximum absolute atomic E-state index is 13.1. The van der Waals surface area contributed by atoms with E-state index in [4.69, 9.17) is 27.9 Å². The Morgan fingerprint density at radius 3 is 2.13 bits per heavy atom. The van der Waals surface area contributed by atoms with Crippen LogP contribution in [0.25, 0.3) is 0 Å².